The molecule has 24 heavy (non-hydrogen) atoms. The van der Waals surface area contributed by atoms with Crippen molar-refractivity contribution in [1.29, 1.82) is 0 Å². The first-order valence-electron chi connectivity index (χ1n) is 6.82. The molecular formula is C15H15N3O5S. The fourth-order valence-corrected chi connectivity index (χ4v) is 2.79. The zero-order valence-electron chi connectivity index (χ0n) is 12.7. The topological polar surface area (TPSA) is 118 Å². The zero-order chi connectivity index (χ0) is 17.7. The van der Waals surface area contributed by atoms with Gasteiger partial charge in [-0.2, -0.15) is 0 Å². The first kappa shape index (κ1) is 17.4. The fraction of sp³-hybridized carbons (Fsp3) is 0.133. The number of amides is 2. The Bertz CT molecular complexity index is 863. The standard InChI is InChI=1S/C15H15N3O5S/c1-24(22,23)10-11-3-2-4-13(9-11)17-15(19)16-12-5-7-14(8-6-12)18(20)21/h2-9H,10H2,1H3,(H2,16,17,19). The molecular weight excluding hydrogens is 334 g/mol. The number of sulfone groups is 1. The molecule has 0 spiro atoms. The van der Waals surface area contributed by atoms with E-state index in [-0.39, 0.29) is 11.4 Å². The Hall–Kier alpha value is -2.94. The van der Waals surface area contributed by atoms with E-state index in [1.54, 1.807) is 24.3 Å². The number of hydrogen-bond acceptors (Lipinski definition) is 5. The molecule has 9 heteroatoms. The van der Waals surface area contributed by atoms with Crippen LogP contribution in [0, 0.1) is 10.1 Å². The van der Waals surface area contributed by atoms with Gasteiger partial charge in [0, 0.05) is 29.8 Å². The van der Waals surface area contributed by atoms with Crippen molar-refractivity contribution in [2.45, 2.75) is 5.75 Å². The lowest BCUT2D eigenvalue weighted by Crippen LogP contribution is -2.19. The van der Waals surface area contributed by atoms with E-state index in [1.165, 1.54) is 24.3 Å². The second-order valence-corrected chi connectivity index (χ2v) is 7.29. The number of benzene rings is 2. The SMILES string of the molecule is CS(=O)(=O)Cc1cccc(NC(=O)Nc2ccc([N+](=O)[O-])cc2)c1. The number of carbonyl (C=O) groups excluding carboxylic acids is 1. The summed E-state index contributed by atoms with van der Waals surface area (Å²) in [7, 11) is -3.17. The molecule has 2 aromatic carbocycles. The van der Waals surface area contributed by atoms with Gasteiger partial charge in [0.1, 0.15) is 0 Å². The van der Waals surface area contributed by atoms with Gasteiger partial charge in [0.2, 0.25) is 0 Å². The Balaban J connectivity index is 2.01. The molecule has 0 saturated carbocycles. The lowest BCUT2D eigenvalue weighted by Gasteiger charge is -2.09. The molecule has 0 fully saturated rings. The van der Waals surface area contributed by atoms with Crippen molar-refractivity contribution in [3.05, 3.63) is 64.2 Å². The van der Waals surface area contributed by atoms with Crippen LogP contribution in [-0.2, 0) is 15.6 Å². The highest BCUT2D eigenvalue weighted by molar-refractivity contribution is 7.89. The minimum atomic E-state index is -3.17. The van der Waals surface area contributed by atoms with Gasteiger partial charge in [-0.15, -0.1) is 0 Å². The van der Waals surface area contributed by atoms with E-state index in [9.17, 15) is 23.3 Å². The summed E-state index contributed by atoms with van der Waals surface area (Å²) in [5.41, 5.74) is 1.32. The molecule has 2 rings (SSSR count). The number of hydrogen-bond donors (Lipinski definition) is 2. The molecule has 0 saturated heterocycles. The van der Waals surface area contributed by atoms with E-state index in [2.05, 4.69) is 10.6 Å². The number of rotatable bonds is 5. The summed E-state index contributed by atoms with van der Waals surface area (Å²) in [6.07, 6.45) is 1.13. The molecule has 2 amide bonds. The summed E-state index contributed by atoms with van der Waals surface area (Å²) in [4.78, 5) is 22.0. The van der Waals surface area contributed by atoms with Crippen molar-refractivity contribution in [2.75, 3.05) is 16.9 Å². The zero-order valence-corrected chi connectivity index (χ0v) is 13.5. The second kappa shape index (κ2) is 7.09. The third-order valence-corrected chi connectivity index (χ3v) is 3.81. The van der Waals surface area contributed by atoms with E-state index in [0.29, 0.717) is 16.9 Å². The summed E-state index contributed by atoms with van der Waals surface area (Å²) in [5.74, 6) is -0.119. The van der Waals surface area contributed by atoms with Gasteiger partial charge in [-0.05, 0) is 29.8 Å². The highest BCUT2D eigenvalue weighted by Gasteiger charge is 2.08. The molecule has 126 valence electrons. The van der Waals surface area contributed by atoms with E-state index in [1.807, 2.05) is 0 Å². The van der Waals surface area contributed by atoms with Crippen LogP contribution >= 0.6 is 0 Å². The van der Waals surface area contributed by atoms with E-state index in [0.717, 1.165) is 6.26 Å². The molecule has 0 aliphatic heterocycles. The normalized spacial score (nSPS) is 10.9. The van der Waals surface area contributed by atoms with Crippen LogP contribution in [0.1, 0.15) is 5.56 Å². The summed E-state index contributed by atoms with van der Waals surface area (Å²) in [5, 5.41) is 15.7. The molecule has 2 N–H and O–H groups in total. The average Bonchev–Trinajstić information content (AvgIpc) is 2.46. The van der Waals surface area contributed by atoms with Gasteiger partial charge in [-0.25, -0.2) is 13.2 Å². The second-order valence-electron chi connectivity index (χ2n) is 5.15. The Morgan fingerprint density at radius 3 is 2.29 bits per heavy atom. The Kier molecular flexibility index (Phi) is 5.14. The molecule has 0 heterocycles. The van der Waals surface area contributed by atoms with Crippen LogP contribution in [0.4, 0.5) is 21.9 Å². The fourth-order valence-electron chi connectivity index (χ4n) is 2.00. The number of nitrogens with zero attached hydrogens (tertiary/aromatic N) is 1. The van der Waals surface area contributed by atoms with Crippen LogP contribution < -0.4 is 10.6 Å². The minimum absolute atomic E-state index is 0.0746. The summed E-state index contributed by atoms with van der Waals surface area (Å²) in [6, 6.07) is 11.3. The van der Waals surface area contributed by atoms with Gasteiger partial charge in [0.05, 0.1) is 10.7 Å². The van der Waals surface area contributed by atoms with Crippen molar-refractivity contribution < 1.29 is 18.1 Å². The summed E-state index contributed by atoms with van der Waals surface area (Å²) >= 11 is 0. The predicted molar refractivity (Wildman–Crippen MR) is 90.7 cm³/mol. The monoisotopic (exact) mass is 349 g/mol. The van der Waals surface area contributed by atoms with E-state index >= 15 is 0 Å². The summed E-state index contributed by atoms with van der Waals surface area (Å²) < 4.78 is 22.6. The number of nitro groups is 1. The molecule has 8 nitrogen and oxygen atoms in total. The first-order valence-corrected chi connectivity index (χ1v) is 8.88. The van der Waals surface area contributed by atoms with Crippen LogP contribution in [0.15, 0.2) is 48.5 Å². The third kappa shape index (κ3) is 5.36. The van der Waals surface area contributed by atoms with Crippen molar-refractivity contribution in [3.63, 3.8) is 0 Å². The smallest absolute Gasteiger partial charge is 0.308 e. The number of urea groups is 1. The van der Waals surface area contributed by atoms with Crippen LogP contribution in [0.5, 0.6) is 0 Å². The van der Waals surface area contributed by atoms with Crippen LogP contribution in [0.2, 0.25) is 0 Å². The van der Waals surface area contributed by atoms with Gasteiger partial charge in [-0.3, -0.25) is 10.1 Å². The molecule has 0 aromatic heterocycles. The molecule has 0 aliphatic carbocycles. The van der Waals surface area contributed by atoms with Crippen LogP contribution in [0.3, 0.4) is 0 Å². The van der Waals surface area contributed by atoms with Crippen molar-refractivity contribution in [2.24, 2.45) is 0 Å². The molecule has 2 aromatic rings. The lowest BCUT2D eigenvalue weighted by molar-refractivity contribution is -0.384. The largest absolute Gasteiger partial charge is 0.323 e. The quantitative estimate of drug-likeness (QED) is 0.635. The molecule has 0 bridgehead atoms. The number of nitrogens with one attached hydrogen (secondary N) is 2. The van der Waals surface area contributed by atoms with Gasteiger partial charge < -0.3 is 10.6 Å². The maximum Gasteiger partial charge on any atom is 0.323 e. The first-order chi connectivity index (χ1) is 11.2. The lowest BCUT2D eigenvalue weighted by atomic mass is 10.2. The molecule has 0 unspecified atom stereocenters. The number of anilines is 2. The highest BCUT2D eigenvalue weighted by Crippen LogP contribution is 2.17. The van der Waals surface area contributed by atoms with Crippen LogP contribution in [-0.4, -0.2) is 25.6 Å². The average molecular weight is 349 g/mol. The van der Waals surface area contributed by atoms with Gasteiger partial charge in [0.25, 0.3) is 5.69 Å². The van der Waals surface area contributed by atoms with E-state index in [4.69, 9.17) is 0 Å². The maximum absolute atomic E-state index is 11.9. The van der Waals surface area contributed by atoms with Crippen molar-refractivity contribution >= 4 is 32.9 Å². The Labute approximate surface area is 138 Å². The Morgan fingerprint density at radius 2 is 1.71 bits per heavy atom. The summed E-state index contributed by atoms with van der Waals surface area (Å²) in [6.45, 7) is 0. The van der Waals surface area contributed by atoms with E-state index < -0.39 is 20.8 Å². The van der Waals surface area contributed by atoms with Crippen molar-refractivity contribution in [3.8, 4) is 0 Å². The Morgan fingerprint density at radius 1 is 1.08 bits per heavy atom. The number of nitro benzene ring substituents is 1. The molecule has 0 aliphatic rings. The predicted octanol–water partition coefficient (Wildman–Crippen LogP) is 2.78. The van der Waals surface area contributed by atoms with Gasteiger partial charge >= 0.3 is 6.03 Å². The van der Waals surface area contributed by atoms with Crippen molar-refractivity contribution in [1.82, 2.24) is 0 Å². The van der Waals surface area contributed by atoms with Crippen LogP contribution in [0.25, 0.3) is 0 Å². The molecule has 0 atom stereocenters. The minimum Gasteiger partial charge on any atom is -0.308 e. The number of carbonyl (C=O) groups is 1. The molecule has 0 radical (unpaired) electrons. The highest BCUT2D eigenvalue weighted by atomic mass is 32.2. The third-order valence-electron chi connectivity index (χ3n) is 2.95. The van der Waals surface area contributed by atoms with Gasteiger partial charge in [-0.1, -0.05) is 12.1 Å². The maximum atomic E-state index is 11.9. The van der Waals surface area contributed by atoms with Gasteiger partial charge in [0.15, 0.2) is 9.84 Å². The number of non-ortho nitro benzene ring substituents is 1.